The van der Waals surface area contributed by atoms with E-state index < -0.39 is 0 Å². The Labute approximate surface area is 127 Å². The Hall–Kier alpha value is -2.76. The molecule has 0 atom stereocenters. The Bertz CT molecular complexity index is 739. The van der Waals surface area contributed by atoms with E-state index >= 15 is 0 Å². The Morgan fingerprint density at radius 3 is 2.77 bits per heavy atom. The molecule has 1 aromatic carbocycles. The molecule has 2 aromatic rings. The van der Waals surface area contributed by atoms with Crippen LogP contribution in [0.4, 0.5) is 0 Å². The first-order valence-electron chi connectivity index (χ1n) is 7.03. The highest BCUT2D eigenvalue weighted by atomic mass is 16.6. The number of pyridine rings is 1. The second-order valence-corrected chi connectivity index (χ2v) is 4.92. The van der Waals surface area contributed by atoms with E-state index in [0.717, 1.165) is 11.3 Å². The third kappa shape index (κ3) is 3.28. The lowest BCUT2D eigenvalue weighted by atomic mass is 10.2. The van der Waals surface area contributed by atoms with Crippen molar-refractivity contribution in [3.05, 3.63) is 58.5 Å². The summed E-state index contributed by atoms with van der Waals surface area (Å²) in [4.78, 5) is 23.4. The molecule has 114 valence electrons. The number of carbonyl (C=O) groups excluding carboxylic acids is 1. The topological polar surface area (TPSA) is 69.6 Å². The smallest absolute Gasteiger partial charge is 0.250 e. The van der Waals surface area contributed by atoms with Gasteiger partial charge in [-0.3, -0.25) is 9.59 Å². The SMILES string of the molecule is O=C(Cn1ccccc1=O)NCc1ccc2c(c1)OCCO2. The van der Waals surface area contributed by atoms with E-state index in [0.29, 0.717) is 25.5 Å². The van der Waals surface area contributed by atoms with E-state index in [2.05, 4.69) is 5.32 Å². The van der Waals surface area contributed by atoms with Crippen LogP contribution >= 0.6 is 0 Å². The molecule has 1 aromatic heterocycles. The number of hydrogen-bond acceptors (Lipinski definition) is 4. The molecule has 6 nitrogen and oxygen atoms in total. The predicted molar refractivity (Wildman–Crippen MR) is 80.0 cm³/mol. The van der Waals surface area contributed by atoms with Gasteiger partial charge < -0.3 is 19.4 Å². The Balaban J connectivity index is 1.59. The van der Waals surface area contributed by atoms with Crippen molar-refractivity contribution in [2.24, 2.45) is 0 Å². The minimum absolute atomic E-state index is 0.00419. The molecule has 22 heavy (non-hydrogen) atoms. The highest BCUT2D eigenvalue weighted by Gasteiger charge is 2.12. The van der Waals surface area contributed by atoms with Gasteiger partial charge in [0.15, 0.2) is 11.5 Å². The van der Waals surface area contributed by atoms with Gasteiger partial charge in [0.25, 0.3) is 5.56 Å². The van der Waals surface area contributed by atoms with Crippen molar-refractivity contribution < 1.29 is 14.3 Å². The summed E-state index contributed by atoms with van der Waals surface area (Å²) >= 11 is 0. The van der Waals surface area contributed by atoms with E-state index in [-0.39, 0.29) is 18.0 Å². The lowest BCUT2D eigenvalue weighted by molar-refractivity contribution is -0.121. The lowest BCUT2D eigenvalue weighted by Gasteiger charge is -2.19. The zero-order valence-electron chi connectivity index (χ0n) is 12.0. The zero-order valence-corrected chi connectivity index (χ0v) is 12.0. The van der Waals surface area contributed by atoms with Crippen molar-refractivity contribution in [3.8, 4) is 11.5 Å². The van der Waals surface area contributed by atoms with Crippen LogP contribution in [-0.4, -0.2) is 23.7 Å². The van der Waals surface area contributed by atoms with Crippen LogP contribution in [0.15, 0.2) is 47.4 Å². The molecule has 1 N–H and O–H groups in total. The molecule has 1 aliphatic rings. The number of nitrogens with one attached hydrogen (secondary N) is 1. The molecular formula is C16H16N2O4. The molecule has 0 unspecified atom stereocenters. The fraction of sp³-hybridized carbons (Fsp3) is 0.250. The van der Waals surface area contributed by atoms with Crippen molar-refractivity contribution in [1.29, 1.82) is 0 Å². The maximum Gasteiger partial charge on any atom is 0.250 e. The second-order valence-electron chi connectivity index (χ2n) is 4.92. The molecule has 2 heterocycles. The molecular weight excluding hydrogens is 284 g/mol. The third-order valence-corrected chi connectivity index (χ3v) is 3.31. The summed E-state index contributed by atoms with van der Waals surface area (Å²) in [5.74, 6) is 1.19. The normalized spacial score (nSPS) is 12.7. The molecule has 0 bridgehead atoms. The van der Waals surface area contributed by atoms with E-state index in [1.165, 1.54) is 10.6 Å². The van der Waals surface area contributed by atoms with E-state index in [4.69, 9.17) is 9.47 Å². The quantitative estimate of drug-likeness (QED) is 0.912. The molecule has 3 rings (SSSR count). The van der Waals surface area contributed by atoms with Crippen LogP contribution in [0.25, 0.3) is 0 Å². The van der Waals surface area contributed by atoms with Crippen LogP contribution in [0.1, 0.15) is 5.56 Å². The number of nitrogens with zero attached hydrogens (tertiary/aromatic N) is 1. The summed E-state index contributed by atoms with van der Waals surface area (Å²) in [6, 6.07) is 10.3. The highest BCUT2D eigenvalue weighted by Crippen LogP contribution is 2.30. The number of carbonyl (C=O) groups is 1. The fourth-order valence-corrected chi connectivity index (χ4v) is 2.20. The lowest BCUT2D eigenvalue weighted by Crippen LogP contribution is -2.31. The molecule has 1 aliphatic heterocycles. The van der Waals surface area contributed by atoms with Crippen LogP contribution in [-0.2, 0) is 17.9 Å². The van der Waals surface area contributed by atoms with Crippen molar-refractivity contribution >= 4 is 5.91 Å². The molecule has 6 heteroatoms. The second kappa shape index (κ2) is 6.34. The molecule has 0 fully saturated rings. The maximum absolute atomic E-state index is 11.9. The van der Waals surface area contributed by atoms with Crippen molar-refractivity contribution in [2.45, 2.75) is 13.1 Å². The number of amides is 1. The number of rotatable bonds is 4. The van der Waals surface area contributed by atoms with Gasteiger partial charge >= 0.3 is 0 Å². The van der Waals surface area contributed by atoms with Crippen molar-refractivity contribution in [3.63, 3.8) is 0 Å². The summed E-state index contributed by atoms with van der Waals surface area (Å²) in [6.07, 6.45) is 1.59. The third-order valence-electron chi connectivity index (χ3n) is 3.31. The highest BCUT2D eigenvalue weighted by molar-refractivity contribution is 5.75. The van der Waals surface area contributed by atoms with Crippen LogP contribution in [0.2, 0.25) is 0 Å². The Kier molecular flexibility index (Phi) is 4.09. The first-order chi connectivity index (χ1) is 10.7. The monoisotopic (exact) mass is 300 g/mol. The fourth-order valence-electron chi connectivity index (χ4n) is 2.20. The average molecular weight is 300 g/mol. The minimum atomic E-state index is -0.219. The average Bonchev–Trinajstić information content (AvgIpc) is 2.55. The van der Waals surface area contributed by atoms with Gasteiger partial charge in [0.2, 0.25) is 5.91 Å². The first-order valence-corrected chi connectivity index (χ1v) is 7.03. The van der Waals surface area contributed by atoms with Crippen molar-refractivity contribution in [2.75, 3.05) is 13.2 Å². The number of ether oxygens (including phenoxy) is 2. The predicted octanol–water partition coefficient (Wildman–Crippen LogP) is 0.936. The van der Waals surface area contributed by atoms with Crippen LogP contribution < -0.4 is 20.3 Å². The summed E-state index contributed by atoms with van der Waals surface area (Å²) in [7, 11) is 0. The summed E-state index contributed by atoms with van der Waals surface area (Å²) in [6.45, 7) is 1.45. The van der Waals surface area contributed by atoms with Crippen LogP contribution in [0.3, 0.4) is 0 Å². The molecule has 0 aliphatic carbocycles. The largest absolute Gasteiger partial charge is 0.486 e. The van der Waals surface area contributed by atoms with Crippen molar-refractivity contribution in [1.82, 2.24) is 9.88 Å². The number of benzene rings is 1. The summed E-state index contributed by atoms with van der Waals surface area (Å²) in [5, 5.41) is 2.79. The Morgan fingerprint density at radius 2 is 1.95 bits per heavy atom. The summed E-state index contributed by atoms with van der Waals surface area (Å²) < 4.78 is 12.3. The first kappa shape index (κ1) is 14.2. The van der Waals surface area contributed by atoms with Gasteiger partial charge in [-0.2, -0.15) is 0 Å². The summed E-state index contributed by atoms with van der Waals surface area (Å²) in [5.41, 5.74) is 0.718. The van der Waals surface area contributed by atoms with Crippen LogP contribution in [0, 0.1) is 0 Å². The minimum Gasteiger partial charge on any atom is -0.486 e. The standard InChI is InChI=1S/C16H16N2O4/c19-15(11-18-6-2-1-3-16(18)20)17-10-12-4-5-13-14(9-12)22-8-7-21-13/h1-6,9H,7-8,10-11H2,(H,17,19). The van der Waals surface area contributed by atoms with Crippen LogP contribution in [0.5, 0.6) is 11.5 Å². The number of aromatic nitrogens is 1. The van der Waals surface area contributed by atoms with Gasteiger partial charge in [-0.15, -0.1) is 0 Å². The maximum atomic E-state index is 11.9. The zero-order chi connectivity index (χ0) is 15.4. The van der Waals surface area contributed by atoms with E-state index in [1.807, 2.05) is 18.2 Å². The molecule has 0 spiro atoms. The van der Waals surface area contributed by atoms with E-state index in [1.54, 1.807) is 18.3 Å². The van der Waals surface area contributed by atoms with Gasteiger partial charge in [0.05, 0.1) is 0 Å². The van der Waals surface area contributed by atoms with Gasteiger partial charge in [0, 0.05) is 18.8 Å². The van der Waals surface area contributed by atoms with Gasteiger partial charge in [0.1, 0.15) is 19.8 Å². The number of hydrogen-bond donors (Lipinski definition) is 1. The molecule has 0 saturated carbocycles. The van der Waals surface area contributed by atoms with Gasteiger partial charge in [-0.05, 0) is 23.8 Å². The van der Waals surface area contributed by atoms with Gasteiger partial charge in [-0.1, -0.05) is 12.1 Å². The molecule has 0 saturated heterocycles. The van der Waals surface area contributed by atoms with Gasteiger partial charge in [-0.25, -0.2) is 0 Å². The Morgan fingerprint density at radius 1 is 1.14 bits per heavy atom. The molecule has 1 amide bonds. The number of fused-ring (bicyclic) bond motifs is 1. The molecule has 0 radical (unpaired) electrons. The van der Waals surface area contributed by atoms with E-state index in [9.17, 15) is 9.59 Å².